The highest BCUT2D eigenvalue weighted by Crippen LogP contribution is 2.25. The number of H-pyrrole nitrogens is 1. The van der Waals surface area contributed by atoms with Crippen molar-refractivity contribution in [2.75, 3.05) is 12.4 Å². The molecule has 0 aliphatic carbocycles. The number of methoxy groups -OCH3 is 1. The van der Waals surface area contributed by atoms with E-state index in [1.54, 1.807) is 25.7 Å². The number of pyridine rings is 1. The van der Waals surface area contributed by atoms with Gasteiger partial charge >= 0.3 is 0 Å². The molecule has 0 aliphatic rings. The maximum absolute atomic E-state index is 12.2. The van der Waals surface area contributed by atoms with Gasteiger partial charge in [-0.15, -0.1) is 0 Å². The van der Waals surface area contributed by atoms with E-state index in [4.69, 9.17) is 4.74 Å². The molecule has 6 heteroatoms. The molecule has 0 atom stereocenters. The molecule has 23 heavy (non-hydrogen) atoms. The Morgan fingerprint density at radius 1 is 1.17 bits per heavy atom. The van der Waals surface area contributed by atoms with Gasteiger partial charge < -0.3 is 10.1 Å². The first kappa shape index (κ1) is 14.8. The lowest BCUT2D eigenvalue weighted by atomic mass is 10.1. The lowest BCUT2D eigenvalue weighted by molar-refractivity contribution is -0.115. The van der Waals surface area contributed by atoms with Crippen molar-refractivity contribution in [3.05, 3.63) is 60.6 Å². The molecule has 0 saturated heterocycles. The molecule has 0 spiro atoms. The lowest BCUT2D eigenvalue weighted by Crippen LogP contribution is -2.15. The Morgan fingerprint density at radius 2 is 1.91 bits per heavy atom. The maximum Gasteiger partial charge on any atom is 0.229 e. The first-order valence-electron chi connectivity index (χ1n) is 7.13. The number of hydrogen-bond donors (Lipinski definition) is 2. The number of nitrogens with zero attached hydrogens (tertiary/aromatic N) is 2. The van der Waals surface area contributed by atoms with E-state index in [0.717, 1.165) is 22.4 Å². The van der Waals surface area contributed by atoms with Crippen LogP contribution < -0.4 is 10.1 Å². The molecule has 1 amide bonds. The number of aromatic amines is 1. The zero-order chi connectivity index (χ0) is 16.1. The molecule has 0 aliphatic heterocycles. The summed E-state index contributed by atoms with van der Waals surface area (Å²) in [6.07, 6.45) is 5.35. The summed E-state index contributed by atoms with van der Waals surface area (Å²) in [6.45, 7) is 0. The fourth-order valence-electron chi connectivity index (χ4n) is 2.24. The van der Waals surface area contributed by atoms with Crippen LogP contribution in [0.1, 0.15) is 5.56 Å². The average molecular weight is 308 g/mol. The van der Waals surface area contributed by atoms with Crippen LogP contribution in [0.2, 0.25) is 0 Å². The summed E-state index contributed by atoms with van der Waals surface area (Å²) in [4.78, 5) is 16.2. The molecule has 3 aromatic rings. The minimum Gasteiger partial charge on any atom is -0.497 e. The largest absolute Gasteiger partial charge is 0.497 e. The van der Waals surface area contributed by atoms with Crippen molar-refractivity contribution < 1.29 is 9.53 Å². The molecule has 3 rings (SSSR count). The number of carbonyl (C=O) groups excluding carboxylic acids is 1. The molecule has 0 saturated carbocycles. The van der Waals surface area contributed by atoms with Gasteiger partial charge in [0.05, 0.1) is 19.7 Å². The number of aromatic nitrogens is 3. The zero-order valence-electron chi connectivity index (χ0n) is 12.6. The van der Waals surface area contributed by atoms with Crippen LogP contribution in [0.5, 0.6) is 5.75 Å². The fourth-order valence-corrected chi connectivity index (χ4v) is 2.24. The van der Waals surface area contributed by atoms with E-state index in [9.17, 15) is 4.79 Å². The van der Waals surface area contributed by atoms with Gasteiger partial charge in [-0.3, -0.25) is 14.9 Å². The minimum absolute atomic E-state index is 0.116. The van der Waals surface area contributed by atoms with Gasteiger partial charge in [0.2, 0.25) is 5.91 Å². The van der Waals surface area contributed by atoms with E-state index in [1.807, 2.05) is 36.4 Å². The molecule has 0 bridgehead atoms. The number of nitrogens with one attached hydrogen (secondary N) is 2. The van der Waals surface area contributed by atoms with Crippen molar-refractivity contribution in [2.24, 2.45) is 0 Å². The third-order valence-electron chi connectivity index (χ3n) is 3.42. The molecule has 0 radical (unpaired) electrons. The molecule has 2 heterocycles. The van der Waals surface area contributed by atoms with Crippen molar-refractivity contribution in [1.82, 2.24) is 15.2 Å². The number of anilines is 1. The molecule has 2 aromatic heterocycles. The topological polar surface area (TPSA) is 79.9 Å². The number of hydrogen-bond acceptors (Lipinski definition) is 4. The standard InChI is InChI=1S/C17H16N4O2/c1-23-14-4-2-12(3-5-14)10-16(22)20-17-15(11-19-21-17)13-6-8-18-9-7-13/h2-9,11H,10H2,1H3,(H2,19,20,21,22). The maximum atomic E-state index is 12.2. The molecule has 0 fully saturated rings. The van der Waals surface area contributed by atoms with Crippen molar-refractivity contribution in [2.45, 2.75) is 6.42 Å². The first-order valence-corrected chi connectivity index (χ1v) is 7.13. The number of ether oxygens (including phenoxy) is 1. The highest BCUT2D eigenvalue weighted by Gasteiger charge is 2.11. The van der Waals surface area contributed by atoms with Gasteiger partial charge in [0.25, 0.3) is 0 Å². The van der Waals surface area contributed by atoms with Crippen LogP contribution in [-0.4, -0.2) is 28.2 Å². The van der Waals surface area contributed by atoms with Crippen LogP contribution in [0, 0.1) is 0 Å². The zero-order valence-corrected chi connectivity index (χ0v) is 12.6. The molecule has 0 unspecified atom stereocenters. The van der Waals surface area contributed by atoms with Crippen molar-refractivity contribution in [1.29, 1.82) is 0 Å². The van der Waals surface area contributed by atoms with Crippen molar-refractivity contribution in [3.8, 4) is 16.9 Å². The van der Waals surface area contributed by atoms with E-state index >= 15 is 0 Å². The lowest BCUT2D eigenvalue weighted by Gasteiger charge is -2.07. The quantitative estimate of drug-likeness (QED) is 0.759. The SMILES string of the molecule is COc1ccc(CC(=O)Nc2[nH]ncc2-c2ccncc2)cc1. The Morgan fingerprint density at radius 3 is 2.61 bits per heavy atom. The van der Waals surface area contributed by atoms with E-state index in [-0.39, 0.29) is 12.3 Å². The Labute approximate surface area is 133 Å². The summed E-state index contributed by atoms with van der Waals surface area (Å²) in [5.41, 5.74) is 2.68. The van der Waals surface area contributed by atoms with Gasteiger partial charge in [0.15, 0.2) is 0 Å². The Kier molecular flexibility index (Phi) is 4.33. The van der Waals surface area contributed by atoms with Crippen LogP contribution in [-0.2, 0) is 11.2 Å². The number of rotatable bonds is 5. The number of benzene rings is 1. The molecular weight excluding hydrogens is 292 g/mol. The summed E-state index contributed by atoms with van der Waals surface area (Å²) in [5, 5.41) is 9.68. The summed E-state index contributed by atoms with van der Waals surface area (Å²) in [6, 6.07) is 11.1. The second kappa shape index (κ2) is 6.74. The van der Waals surface area contributed by atoms with Crippen LogP contribution in [0.25, 0.3) is 11.1 Å². The van der Waals surface area contributed by atoms with Gasteiger partial charge in [-0.05, 0) is 35.4 Å². The van der Waals surface area contributed by atoms with Crippen LogP contribution >= 0.6 is 0 Å². The third-order valence-corrected chi connectivity index (χ3v) is 3.42. The third kappa shape index (κ3) is 3.55. The Hall–Kier alpha value is -3.15. The predicted octanol–water partition coefficient (Wildman–Crippen LogP) is 2.66. The predicted molar refractivity (Wildman–Crippen MR) is 87.1 cm³/mol. The molecule has 116 valence electrons. The van der Waals surface area contributed by atoms with Crippen LogP contribution in [0.15, 0.2) is 55.0 Å². The van der Waals surface area contributed by atoms with E-state index < -0.39 is 0 Å². The smallest absolute Gasteiger partial charge is 0.229 e. The molecule has 2 N–H and O–H groups in total. The van der Waals surface area contributed by atoms with E-state index in [0.29, 0.717) is 5.82 Å². The summed E-state index contributed by atoms with van der Waals surface area (Å²) >= 11 is 0. The Balaban J connectivity index is 1.70. The fraction of sp³-hybridized carbons (Fsp3) is 0.118. The van der Waals surface area contributed by atoms with Gasteiger partial charge in [-0.1, -0.05) is 12.1 Å². The highest BCUT2D eigenvalue weighted by atomic mass is 16.5. The summed E-state index contributed by atoms with van der Waals surface area (Å²) in [7, 11) is 1.61. The van der Waals surface area contributed by atoms with Crippen molar-refractivity contribution in [3.63, 3.8) is 0 Å². The molecule has 1 aromatic carbocycles. The second-order valence-electron chi connectivity index (χ2n) is 4.97. The van der Waals surface area contributed by atoms with Gasteiger partial charge in [-0.2, -0.15) is 5.10 Å². The van der Waals surface area contributed by atoms with Gasteiger partial charge in [0.1, 0.15) is 11.6 Å². The molecular formula is C17H16N4O2. The molecule has 6 nitrogen and oxygen atoms in total. The highest BCUT2D eigenvalue weighted by molar-refractivity contribution is 5.95. The second-order valence-corrected chi connectivity index (χ2v) is 4.97. The Bertz CT molecular complexity index is 782. The van der Waals surface area contributed by atoms with Crippen LogP contribution in [0.4, 0.5) is 5.82 Å². The van der Waals surface area contributed by atoms with Crippen molar-refractivity contribution >= 4 is 11.7 Å². The number of amides is 1. The minimum atomic E-state index is -0.116. The summed E-state index contributed by atoms with van der Waals surface area (Å²) < 4.78 is 5.11. The van der Waals surface area contributed by atoms with E-state index in [2.05, 4.69) is 20.5 Å². The number of carbonyl (C=O) groups is 1. The van der Waals surface area contributed by atoms with Gasteiger partial charge in [0, 0.05) is 18.0 Å². The van der Waals surface area contributed by atoms with Gasteiger partial charge in [-0.25, -0.2) is 0 Å². The monoisotopic (exact) mass is 308 g/mol. The van der Waals surface area contributed by atoms with E-state index in [1.165, 1.54) is 0 Å². The van der Waals surface area contributed by atoms with Crippen LogP contribution in [0.3, 0.4) is 0 Å². The average Bonchev–Trinajstić information content (AvgIpc) is 3.04. The first-order chi connectivity index (χ1) is 11.3. The normalized spacial score (nSPS) is 10.3. The summed E-state index contributed by atoms with van der Waals surface area (Å²) in [5.74, 6) is 1.23.